The maximum absolute atomic E-state index is 12.2. The van der Waals surface area contributed by atoms with Crippen LogP contribution in [0.25, 0.3) is 0 Å². The number of nitrogens with one attached hydrogen (secondary N) is 1. The predicted molar refractivity (Wildman–Crippen MR) is 96.3 cm³/mol. The number of hydrogen-bond donors (Lipinski definition) is 1. The number of carbonyl (C=O) groups is 2. The molecule has 0 unspecified atom stereocenters. The molecule has 0 aromatic heterocycles. The van der Waals surface area contributed by atoms with Gasteiger partial charge in [0.1, 0.15) is 5.56 Å². The van der Waals surface area contributed by atoms with E-state index >= 15 is 0 Å². The number of amides is 1. The highest BCUT2D eigenvalue weighted by atomic mass is 16.6. The van der Waals surface area contributed by atoms with Gasteiger partial charge in [0, 0.05) is 12.1 Å². The number of nitrogens with zero attached hydrogens (tertiary/aromatic N) is 1. The number of carbonyl (C=O) groups excluding carboxylic acids is 2. The molecule has 9 heteroatoms. The van der Waals surface area contributed by atoms with Crippen LogP contribution in [-0.2, 0) is 9.53 Å². The number of benzene rings is 2. The van der Waals surface area contributed by atoms with Crippen molar-refractivity contribution in [2.24, 2.45) is 0 Å². The summed E-state index contributed by atoms with van der Waals surface area (Å²) < 4.78 is 15.3. The van der Waals surface area contributed by atoms with Crippen LogP contribution in [0.15, 0.2) is 36.4 Å². The highest BCUT2D eigenvalue weighted by molar-refractivity contribution is 5.97. The molecule has 0 aliphatic carbocycles. The number of rotatable bonds is 7. The topological polar surface area (TPSA) is 117 Å². The zero-order valence-corrected chi connectivity index (χ0v) is 15.0. The van der Waals surface area contributed by atoms with Crippen LogP contribution in [0.4, 0.5) is 11.4 Å². The number of esters is 1. The van der Waals surface area contributed by atoms with Gasteiger partial charge in [0.25, 0.3) is 11.6 Å². The van der Waals surface area contributed by atoms with Crippen molar-refractivity contribution in [2.75, 3.05) is 26.1 Å². The van der Waals surface area contributed by atoms with Crippen molar-refractivity contribution in [3.63, 3.8) is 0 Å². The van der Waals surface area contributed by atoms with Crippen molar-refractivity contribution >= 4 is 23.3 Å². The second-order valence-electron chi connectivity index (χ2n) is 5.42. The van der Waals surface area contributed by atoms with E-state index in [2.05, 4.69) is 5.32 Å². The second-order valence-corrected chi connectivity index (χ2v) is 5.42. The monoisotopic (exact) mass is 374 g/mol. The zero-order chi connectivity index (χ0) is 20.0. The lowest BCUT2D eigenvalue weighted by Crippen LogP contribution is -2.21. The number of non-ortho nitro benzene ring substituents is 1. The largest absolute Gasteiger partial charge is 0.493 e. The van der Waals surface area contributed by atoms with Gasteiger partial charge in [0.05, 0.1) is 24.8 Å². The van der Waals surface area contributed by atoms with Crippen molar-refractivity contribution < 1.29 is 28.7 Å². The molecule has 142 valence electrons. The molecule has 27 heavy (non-hydrogen) atoms. The van der Waals surface area contributed by atoms with Crippen molar-refractivity contribution in [3.8, 4) is 11.5 Å². The summed E-state index contributed by atoms with van der Waals surface area (Å²) >= 11 is 0. The molecule has 2 aromatic rings. The minimum Gasteiger partial charge on any atom is -0.493 e. The molecule has 0 bridgehead atoms. The Balaban J connectivity index is 2.05. The fourth-order valence-electron chi connectivity index (χ4n) is 2.30. The number of ether oxygens (including phenoxy) is 3. The molecule has 0 spiro atoms. The molecule has 1 amide bonds. The van der Waals surface area contributed by atoms with E-state index in [4.69, 9.17) is 14.2 Å². The Morgan fingerprint density at radius 2 is 1.89 bits per heavy atom. The molecule has 0 saturated heterocycles. The summed E-state index contributed by atoms with van der Waals surface area (Å²) in [6, 6.07) is 8.77. The molecule has 0 fully saturated rings. The summed E-state index contributed by atoms with van der Waals surface area (Å²) in [7, 11) is 2.81. The van der Waals surface area contributed by atoms with Gasteiger partial charge in [0.2, 0.25) is 0 Å². The Hall–Kier alpha value is -3.62. The van der Waals surface area contributed by atoms with Crippen molar-refractivity contribution in [1.29, 1.82) is 0 Å². The van der Waals surface area contributed by atoms with Crippen LogP contribution in [0.2, 0.25) is 0 Å². The molecule has 0 radical (unpaired) electrons. The highest BCUT2D eigenvalue weighted by Gasteiger charge is 2.19. The van der Waals surface area contributed by atoms with Crippen molar-refractivity contribution in [1.82, 2.24) is 0 Å². The average molecular weight is 374 g/mol. The fraction of sp³-hybridized carbons (Fsp3) is 0.222. The minimum atomic E-state index is -0.767. The van der Waals surface area contributed by atoms with Crippen molar-refractivity contribution in [2.45, 2.75) is 6.92 Å². The van der Waals surface area contributed by atoms with Gasteiger partial charge in [-0.3, -0.25) is 14.9 Å². The molecular formula is C18H18N2O7. The Bertz CT molecular complexity index is 880. The average Bonchev–Trinajstić information content (AvgIpc) is 2.66. The van der Waals surface area contributed by atoms with Crippen LogP contribution < -0.4 is 14.8 Å². The Morgan fingerprint density at radius 3 is 2.52 bits per heavy atom. The lowest BCUT2D eigenvalue weighted by molar-refractivity contribution is -0.384. The summed E-state index contributed by atoms with van der Waals surface area (Å²) in [6.45, 7) is 1.12. The molecule has 0 aliphatic heterocycles. The quantitative estimate of drug-likeness (QED) is 0.450. The predicted octanol–water partition coefficient (Wildman–Crippen LogP) is 2.72. The normalized spacial score (nSPS) is 10.0. The maximum Gasteiger partial charge on any atom is 0.342 e. The van der Waals surface area contributed by atoms with Gasteiger partial charge in [-0.2, -0.15) is 0 Å². The molecule has 0 atom stereocenters. The minimum absolute atomic E-state index is 0.108. The fourth-order valence-corrected chi connectivity index (χ4v) is 2.30. The molecule has 9 nitrogen and oxygen atoms in total. The summed E-state index contributed by atoms with van der Waals surface area (Å²) in [5.41, 5.74) is 0.851. The van der Waals surface area contributed by atoms with Crippen LogP contribution in [0.5, 0.6) is 11.5 Å². The Labute approximate surface area is 155 Å². The third kappa shape index (κ3) is 4.72. The van der Waals surface area contributed by atoms with Crippen LogP contribution in [0.3, 0.4) is 0 Å². The van der Waals surface area contributed by atoms with E-state index in [1.807, 2.05) is 0 Å². The Morgan fingerprint density at radius 1 is 1.15 bits per heavy atom. The number of nitro groups is 1. The first-order valence-electron chi connectivity index (χ1n) is 7.80. The molecule has 1 N–H and O–H groups in total. The summed E-state index contributed by atoms with van der Waals surface area (Å²) in [5, 5.41) is 13.3. The van der Waals surface area contributed by atoms with E-state index < -0.39 is 23.4 Å². The lowest BCUT2D eigenvalue weighted by Gasteiger charge is -2.12. The molecule has 0 aliphatic rings. The van der Waals surface area contributed by atoms with E-state index in [0.717, 1.165) is 0 Å². The van der Waals surface area contributed by atoms with Gasteiger partial charge < -0.3 is 19.5 Å². The van der Waals surface area contributed by atoms with Gasteiger partial charge in [-0.1, -0.05) is 12.1 Å². The van der Waals surface area contributed by atoms with E-state index in [1.165, 1.54) is 38.5 Å². The number of anilines is 1. The molecule has 2 rings (SSSR count). The van der Waals surface area contributed by atoms with E-state index in [0.29, 0.717) is 11.3 Å². The third-order valence-corrected chi connectivity index (χ3v) is 3.66. The molecule has 0 saturated carbocycles. The number of hydrogen-bond acceptors (Lipinski definition) is 7. The summed E-state index contributed by atoms with van der Waals surface area (Å²) in [5.74, 6) is -0.853. The molecule has 0 heterocycles. The van der Waals surface area contributed by atoms with Crippen LogP contribution >= 0.6 is 0 Å². The van der Waals surface area contributed by atoms with Gasteiger partial charge in [0.15, 0.2) is 18.1 Å². The van der Waals surface area contributed by atoms with Crippen LogP contribution in [0.1, 0.15) is 15.9 Å². The van der Waals surface area contributed by atoms with Crippen LogP contribution in [0, 0.1) is 17.0 Å². The smallest absolute Gasteiger partial charge is 0.342 e. The third-order valence-electron chi connectivity index (χ3n) is 3.66. The van der Waals surface area contributed by atoms with Crippen molar-refractivity contribution in [3.05, 3.63) is 57.6 Å². The Kier molecular flexibility index (Phi) is 6.32. The SMILES string of the molecule is COc1cccc(C(=O)OCC(=O)Nc2cc([N+](=O)[O-])ccc2C)c1OC. The zero-order valence-electron chi connectivity index (χ0n) is 15.0. The van der Waals surface area contributed by atoms with Gasteiger partial charge in [-0.15, -0.1) is 0 Å². The number of nitro benzene ring substituents is 1. The number of para-hydroxylation sites is 1. The van der Waals surface area contributed by atoms with E-state index in [9.17, 15) is 19.7 Å². The number of methoxy groups -OCH3 is 2. The molecule has 2 aromatic carbocycles. The van der Waals surface area contributed by atoms with Gasteiger partial charge in [-0.05, 0) is 24.6 Å². The van der Waals surface area contributed by atoms with Crippen LogP contribution in [-0.4, -0.2) is 37.6 Å². The van der Waals surface area contributed by atoms with Gasteiger partial charge >= 0.3 is 5.97 Å². The standard InChI is InChI=1S/C18H18N2O7/c1-11-7-8-12(20(23)24)9-14(11)19-16(21)10-27-18(22)13-5-4-6-15(25-2)17(13)26-3/h4-9H,10H2,1-3H3,(H,19,21). The molecular weight excluding hydrogens is 356 g/mol. The second kappa shape index (κ2) is 8.65. The first kappa shape index (κ1) is 19.7. The highest BCUT2D eigenvalue weighted by Crippen LogP contribution is 2.31. The maximum atomic E-state index is 12.2. The summed E-state index contributed by atoms with van der Waals surface area (Å²) in [6.07, 6.45) is 0. The van der Waals surface area contributed by atoms with Gasteiger partial charge in [-0.25, -0.2) is 4.79 Å². The lowest BCUT2D eigenvalue weighted by atomic mass is 10.2. The first-order chi connectivity index (χ1) is 12.9. The number of aryl methyl sites for hydroxylation is 1. The first-order valence-corrected chi connectivity index (χ1v) is 7.80. The summed E-state index contributed by atoms with van der Waals surface area (Å²) in [4.78, 5) is 34.5. The van der Waals surface area contributed by atoms with E-state index in [-0.39, 0.29) is 22.7 Å². The van der Waals surface area contributed by atoms with E-state index in [1.54, 1.807) is 19.1 Å².